The molecule has 98 valence electrons. The molecule has 0 saturated heterocycles. The summed E-state index contributed by atoms with van der Waals surface area (Å²) in [6.45, 7) is 5.86. The number of rotatable bonds is 3. The summed E-state index contributed by atoms with van der Waals surface area (Å²) >= 11 is 0. The minimum Gasteiger partial charge on any atom is -0.292 e. The first-order valence-corrected chi connectivity index (χ1v) is 6.10. The highest BCUT2D eigenvalue weighted by Crippen LogP contribution is 2.17. The normalized spacial score (nSPS) is 10.5. The van der Waals surface area contributed by atoms with Crippen molar-refractivity contribution in [3.8, 4) is 0 Å². The van der Waals surface area contributed by atoms with E-state index in [1.165, 1.54) is 23.2 Å². The lowest BCUT2D eigenvalue weighted by molar-refractivity contribution is 0.0969. The van der Waals surface area contributed by atoms with Gasteiger partial charge in [0.05, 0.1) is 12.9 Å². The molecule has 0 aliphatic rings. The van der Waals surface area contributed by atoms with Gasteiger partial charge in [0.25, 0.3) is 5.56 Å². The summed E-state index contributed by atoms with van der Waals surface area (Å²) in [6, 6.07) is 5.31. The van der Waals surface area contributed by atoms with E-state index in [0.29, 0.717) is 5.56 Å². The van der Waals surface area contributed by atoms with Gasteiger partial charge in [0.2, 0.25) is 0 Å². The van der Waals surface area contributed by atoms with Crippen LogP contribution in [0.25, 0.3) is 0 Å². The number of benzene rings is 1. The van der Waals surface area contributed by atoms with Crippen molar-refractivity contribution in [2.45, 2.75) is 27.3 Å². The zero-order valence-corrected chi connectivity index (χ0v) is 11.3. The largest absolute Gasteiger partial charge is 0.292 e. The number of nitrogens with zero attached hydrogens (tertiary/aromatic N) is 2. The summed E-state index contributed by atoms with van der Waals surface area (Å²) < 4.78 is 1.32. The van der Waals surface area contributed by atoms with Crippen molar-refractivity contribution >= 4 is 5.78 Å². The Hall–Kier alpha value is -2.23. The Labute approximate surface area is 111 Å². The van der Waals surface area contributed by atoms with E-state index in [1.807, 2.05) is 32.9 Å². The van der Waals surface area contributed by atoms with E-state index in [9.17, 15) is 9.59 Å². The predicted molar refractivity (Wildman–Crippen MR) is 73.5 cm³/mol. The molecule has 1 heterocycles. The van der Waals surface area contributed by atoms with Crippen LogP contribution in [0.4, 0.5) is 0 Å². The van der Waals surface area contributed by atoms with Crippen LogP contribution in [0.1, 0.15) is 27.0 Å². The Balaban J connectivity index is 2.36. The molecule has 4 nitrogen and oxygen atoms in total. The molecule has 0 amide bonds. The monoisotopic (exact) mass is 256 g/mol. The predicted octanol–water partition coefficient (Wildman–Crippen LogP) is 2.05. The molecule has 0 atom stereocenters. The molecule has 4 heteroatoms. The molecule has 2 rings (SSSR count). The average Bonchev–Trinajstić information content (AvgIpc) is 2.30. The molecule has 0 fully saturated rings. The number of aryl methyl sites for hydroxylation is 3. The van der Waals surface area contributed by atoms with Gasteiger partial charge in [-0.15, -0.1) is 0 Å². The third kappa shape index (κ3) is 2.78. The fourth-order valence-corrected chi connectivity index (χ4v) is 2.35. The highest BCUT2D eigenvalue weighted by Gasteiger charge is 2.13. The third-order valence-electron chi connectivity index (χ3n) is 3.06. The Morgan fingerprint density at radius 3 is 2.42 bits per heavy atom. The van der Waals surface area contributed by atoms with E-state index in [4.69, 9.17) is 0 Å². The fraction of sp³-hybridized carbons (Fsp3) is 0.267. The maximum absolute atomic E-state index is 12.3. The van der Waals surface area contributed by atoms with E-state index in [2.05, 4.69) is 4.98 Å². The molecule has 0 aliphatic carbocycles. The lowest BCUT2D eigenvalue weighted by atomic mass is 9.96. The van der Waals surface area contributed by atoms with E-state index in [1.54, 1.807) is 0 Å². The summed E-state index contributed by atoms with van der Waals surface area (Å²) in [5.41, 5.74) is 3.50. The summed E-state index contributed by atoms with van der Waals surface area (Å²) in [5.74, 6) is -0.0647. The van der Waals surface area contributed by atoms with Gasteiger partial charge in [-0.1, -0.05) is 17.7 Å². The quantitative estimate of drug-likeness (QED) is 0.790. The number of carbonyl (C=O) groups is 1. The second-order valence-corrected chi connectivity index (χ2v) is 4.74. The minimum atomic E-state index is -0.217. The number of carbonyl (C=O) groups excluding carboxylic acids is 1. The number of ketones is 1. The van der Waals surface area contributed by atoms with Crippen molar-refractivity contribution in [1.82, 2.24) is 9.55 Å². The molecule has 0 N–H and O–H groups in total. The highest BCUT2D eigenvalue weighted by molar-refractivity contribution is 5.98. The van der Waals surface area contributed by atoms with Gasteiger partial charge < -0.3 is 0 Å². The second-order valence-electron chi connectivity index (χ2n) is 4.74. The topological polar surface area (TPSA) is 52.0 Å². The molecule has 0 saturated carbocycles. The van der Waals surface area contributed by atoms with Crippen LogP contribution in [0, 0.1) is 20.8 Å². The summed E-state index contributed by atoms with van der Waals surface area (Å²) in [5, 5.41) is 0. The van der Waals surface area contributed by atoms with Crippen LogP contribution in [-0.4, -0.2) is 15.3 Å². The van der Waals surface area contributed by atoms with Crippen molar-refractivity contribution in [1.29, 1.82) is 0 Å². The van der Waals surface area contributed by atoms with E-state index >= 15 is 0 Å². The molecule has 1 aromatic carbocycles. The molecule has 2 aromatic rings. The number of Topliss-reactive ketones (excluding diaryl/α,β-unsaturated/α-hetero) is 1. The van der Waals surface area contributed by atoms with Crippen molar-refractivity contribution < 1.29 is 4.79 Å². The zero-order chi connectivity index (χ0) is 14.0. The highest BCUT2D eigenvalue weighted by atomic mass is 16.1. The molecule has 0 radical (unpaired) electrons. The molecule has 0 unspecified atom stereocenters. The van der Waals surface area contributed by atoms with E-state index in [0.717, 1.165) is 16.7 Å². The third-order valence-corrected chi connectivity index (χ3v) is 3.06. The zero-order valence-electron chi connectivity index (χ0n) is 11.3. The summed E-state index contributed by atoms with van der Waals surface area (Å²) in [7, 11) is 0. The first-order valence-electron chi connectivity index (χ1n) is 6.10. The van der Waals surface area contributed by atoms with Crippen molar-refractivity contribution in [2.75, 3.05) is 0 Å². The molecular weight excluding hydrogens is 240 g/mol. The van der Waals surface area contributed by atoms with Crippen LogP contribution in [0.5, 0.6) is 0 Å². The summed E-state index contributed by atoms with van der Waals surface area (Å²) in [6.07, 6.45) is 2.81. The van der Waals surface area contributed by atoms with Crippen LogP contribution in [0.15, 0.2) is 35.5 Å². The van der Waals surface area contributed by atoms with Gasteiger partial charge in [-0.2, -0.15) is 0 Å². The van der Waals surface area contributed by atoms with Crippen LogP contribution < -0.4 is 5.56 Å². The van der Waals surface area contributed by atoms with Crippen molar-refractivity contribution in [2.24, 2.45) is 0 Å². The molecule has 19 heavy (non-hydrogen) atoms. The Bertz CT molecular complexity index is 664. The van der Waals surface area contributed by atoms with Gasteiger partial charge in [-0.25, -0.2) is 4.98 Å². The molecule has 0 bridgehead atoms. The smallest absolute Gasteiger partial charge is 0.253 e. The lowest BCUT2D eigenvalue weighted by Gasteiger charge is -2.11. The van der Waals surface area contributed by atoms with Gasteiger partial charge in [0.1, 0.15) is 0 Å². The van der Waals surface area contributed by atoms with Crippen LogP contribution in [0.3, 0.4) is 0 Å². The molecular formula is C15H16N2O2. The Morgan fingerprint density at radius 2 is 1.84 bits per heavy atom. The van der Waals surface area contributed by atoms with E-state index < -0.39 is 0 Å². The minimum absolute atomic E-state index is 0.0252. The second kappa shape index (κ2) is 5.18. The molecule has 0 aliphatic heterocycles. The first-order chi connectivity index (χ1) is 8.99. The maximum atomic E-state index is 12.3. The van der Waals surface area contributed by atoms with Gasteiger partial charge in [0.15, 0.2) is 5.78 Å². The summed E-state index contributed by atoms with van der Waals surface area (Å²) in [4.78, 5) is 27.8. The fourth-order valence-electron chi connectivity index (χ4n) is 2.35. The SMILES string of the molecule is Cc1cc(C)c(C(=O)Cn2cnccc2=O)c(C)c1. The standard InChI is InChI=1S/C15H16N2O2/c1-10-6-11(2)15(12(3)7-10)13(18)8-17-9-16-5-4-14(17)19/h4-7,9H,8H2,1-3H3. The van der Waals surface area contributed by atoms with E-state index in [-0.39, 0.29) is 17.9 Å². The molecule has 1 aromatic heterocycles. The van der Waals surface area contributed by atoms with Crippen molar-refractivity contribution in [3.05, 3.63) is 63.3 Å². The van der Waals surface area contributed by atoms with Gasteiger partial charge in [0, 0.05) is 17.8 Å². The van der Waals surface area contributed by atoms with Gasteiger partial charge in [-0.05, 0) is 31.9 Å². The maximum Gasteiger partial charge on any atom is 0.253 e. The first kappa shape index (κ1) is 13.2. The van der Waals surface area contributed by atoms with Gasteiger partial charge >= 0.3 is 0 Å². The van der Waals surface area contributed by atoms with Crippen LogP contribution >= 0.6 is 0 Å². The number of hydrogen-bond acceptors (Lipinski definition) is 3. The van der Waals surface area contributed by atoms with Gasteiger partial charge in [-0.3, -0.25) is 14.2 Å². The van der Waals surface area contributed by atoms with Crippen LogP contribution in [0.2, 0.25) is 0 Å². The Morgan fingerprint density at radius 1 is 1.21 bits per heavy atom. The number of aromatic nitrogens is 2. The average molecular weight is 256 g/mol. The van der Waals surface area contributed by atoms with Crippen molar-refractivity contribution in [3.63, 3.8) is 0 Å². The van der Waals surface area contributed by atoms with Crippen LogP contribution in [-0.2, 0) is 6.54 Å². The lowest BCUT2D eigenvalue weighted by Crippen LogP contribution is -2.24. The molecule has 0 spiro atoms. The Kier molecular flexibility index (Phi) is 3.60. The number of hydrogen-bond donors (Lipinski definition) is 0.